The van der Waals surface area contributed by atoms with Gasteiger partial charge in [-0.25, -0.2) is 0 Å². The number of piperidine rings is 1. The van der Waals surface area contributed by atoms with E-state index < -0.39 is 0 Å². The molecule has 0 aliphatic carbocycles. The van der Waals surface area contributed by atoms with Gasteiger partial charge in [-0.05, 0) is 25.8 Å². The zero-order chi connectivity index (χ0) is 11.1. The highest BCUT2D eigenvalue weighted by Crippen LogP contribution is 2.09. The number of methoxy groups -OCH3 is 1. The Balaban J connectivity index is 2.24. The molecule has 0 aromatic heterocycles. The summed E-state index contributed by atoms with van der Waals surface area (Å²) in [6, 6.07) is 0.0475. The van der Waals surface area contributed by atoms with E-state index in [1.54, 1.807) is 7.11 Å². The molecule has 1 saturated heterocycles. The van der Waals surface area contributed by atoms with Crippen molar-refractivity contribution in [3.8, 4) is 0 Å². The molecule has 4 nitrogen and oxygen atoms in total. The van der Waals surface area contributed by atoms with Crippen molar-refractivity contribution in [1.29, 1.82) is 0 Å². The number of amides is 1. The third-order valence-corrected chi connectivity index (χ3v) is 2.83. The van der Waals surface area contributed by atoms with Gasteiger partial charge in [0.1, 0.15) is 0 Å². The molecule has 1 amide bonds. The van der Waals surface area contributed by atoms with Crippen LogP contribution in [0.1, 0.15) is 25.7 Å². The fraction of sp³-hybridized carbons (Fsp3) is 0.909. The Hall–Kier alpha value is -0.610. The first-order valence-electron chi connectivity index (χ1n) is 5.73. The average molecular weight is 214 g/mol. The Morgan fingerprint density at radius 3 is 2.93 bits per heavy atom. The van der Waals surface area contributed by atoms with Crippen molar-refractivity contribution in [1.82, 2.24) is 10.2 Å². The van der Waals surface area contributed by atoms with Crippen LogP contribution in [0.15, 0.2) is 0 Å². The van der Waals surface area contributed by atoms with Gasteiger partial charge in [0, 0.05) is 27.3 Å². The largest absolute Gasteiger partial charge is 0.385 e. The molecule has 1 aliphatic heterocycles. The van der Waals surface area contributed by atoms with Gasteiger partial charge < -0.3 is 15.0 Å². The van der Waals surface area contributed by atoms with Crippen LogP contribution in [0.2, 0.25) is 0 Å². The highest BCUT2D eigenvalue weighted by atomic mass is 16.5. The van der Waals surface area contributed by atoms with Gasteiger partial charge in [-0.3, -0.25) is 4.79 Å². The van der Waals surface area contributed by atoms with Gasteiger partial charge >= 0.3 is 0 Å². The quantitative estimate of drug-likeness (QED) is 0.682. The van der Waals surface area contributed by atoms with Gasteiger partial charge in [0.05, 0.1) is 6.04 Å². The summed E-state index contributed by atoms with van der Waals surface area (Å²) in [6.07, 6.45) is 4.24. The molecule has 15 heavy (non-hydrogen) atoms. The lowest BCUT2D eigenvalue weighted by Crippen LogP contribution is -2.47. The Morgan fingerprint density at radius 1 is 1.53 bits per heavy atom. The summed E-state index contributed by atoms with van der Waals surface area (Å²) in [4.78, 5) is 13.7. The van der Waals surface area contributed by atoms with Gasteiger partial charge in [0.15, 0.2) is 0 Å². The summed E-state index contributed by atoms with van der Waals surface area (Å²) in [5.74, 6) is 0.228. The minimum absolute atomic E-state index is 0.0475. The summed E-state index contributed by atoms with van der Waals surface area (Å²) in [5.41, 5.74) is 0. The Bertz CT molecular complexity index is 191. The van der Waals surface area contributed by atoms with Crippen LogP contribution in [-0.2, 0) is 9.53 Å². The highest BCUT2D eigenvalue weighted by Gasteiger charge is 2.22. The molecule has 0 spiro atoms. The number of carbonyl (C=O) groups is 1. The second-order valence-corrected chi connectivity index (χ2v) is 4.11. The van der Waals surface area contributed by atoms with Gasteiger partial charge in [-0.15, -0.1) is 0 Å². The van der Waals surface area contributed by atoms with Gasteiger partial charge in [-0.2, -0.15) is 0 Å². The number of likely N-dealkylation sites (N-methyl/N-ethyl adjacent to an activating group) is 1. The number of ether oxygens (including phenoxy) is 1. The lowest BCUT2D eigenvalue weighted by molar-refractivity contribution is -0.132. The normalized spacial score (nSPS) is 21.3. The minimum atomic E-state index is 0.0475. The van der Waals surface area contributed by atoms with E-state index >= 15 is 0 Å². The van der Waals surface area contributed by atoms with Crippen molar-refractivity contribution in [3.63, 3.8) is 0 Å². The maximum absolute atomic E-state index is 11.9. The van der Waals surface area contributed by atoms with Crippen LogP contribution >= 0.6 is 0 Å². The lowest BCUT2D eigenvalue weighted by Gasteiger charge is -2.27. The zero-order valence-electron chi connectivity index (χ0n) is 9.79. The predicted octanol–water partition coefficient (Wildman–Crippen LogP) is 0.623. The van der Waals surface area contributed by atoms with Crippen molar-refractivity contribution < 1.29 is 9.53 Å². The van der Waals surface area contributed by atoms with Crippen LogP contribution in [-0.4, -0.2) is 50.7 Å². The molecule has 4 heteroatoms. The molecule has 0 aromatic rings. The number of rotatable bonds is 5. The third kappa shape index (κ3) is 4.18. The summed E-state index contributed by atoms with van der Waals surface area (Å²) in [7, 11) is 3.55. The first-order chi connectivity index (χ1) is 7.25. The summed E-state index contributed by atoms with van der Waals surface area (Å²) in [6.45, 7) is 2.48. The molecular weight excluding hydrogens is 192 g/mol. The Morgan fingerprint density at radius 2 is 2.33 bits per heavy atom. The molecule has 1 unspecified atom stereocenters. The first kappa shape index (κ1) is 12.5. The van der Waals surface area contributed by atoms with E-state index in [4.69, 9.17) is 4.74 Å². The monoisotopic (exact) mass is 214 g/mol. The van der Waals surface area contributed by atoms with E-state index in [2.05, 4.69) is 5.32 Å². The number of hydrogen-bond donors (Lipinski definition) is 1. The summed E-state index contributed by atoms with van der Waals surface area (Å²) >= 11 is 0. The lowest BCUT2D eigenvalue weighted by atomic mass is 10.0. The SMILES string of the molecule is COCCCN(C)C(=O)C1CCCCN1. The van der Waals surface area contributed by atoms with E-state index in [9.17, 15) is 4.79 Å². The van der Waals surface area contributed by atoms with E-state index in [0.29, 0.717) is 0 Å². The van der Waals surface area contributed by atoms with Crippen molar-refractivity contribution in [3.05, 3.63) is 0 Å². The van der Waals surface area contributed by atoms with Crippen LogP contribution in [0.4, 0.5) is 0 Å². The molecule has 0 radical (unpaired) electrons. The van der Waals surface area contributed by atoms with Crippen molar-refractivity contribution in [2.45, 2.75) is 31.7 Å². The fourth-order valence-electron chi connectivity index (χ4n) is 1.88. The van der Waals surface area contributed by atoms with Crippen LogP contribution in [0.25, 0.3) is 0 Å². The maximum Gasteiger partial charge on any atom is 0.239 e. The number of hydrogen-bond acceptors (Lipinski definition) is 3. The van der Waals surface area contributed by atoms with Crippen molar-refractivity contribution in [2.24, 2.45) is 0 Å². The van der Waals surface area contributed by atoms with Gasteiger partial charge in [0.2, 0.25) is 5.91 Å². The second kappa shape index (κ2) is 6.80. The molecule has 1 atom stereocenters. The highest BCUT2D eigenvalue weighted by molar-refractivity contribution is 5.81. The average Bonchev–Trinajstić information content (AvgIpc) is 2.29. The molecular formula is C11H22N2O2. The molecule has 1 N–H and O–H groups in total. The van der Waals surface area contributed by atoms with Crippen LogP contribution < -0.4 is 5.32 Å². The smallest absolute Gasteiger partial charge is 0.239 e. The standard InChI is InChI=1S/C11H22N2O2/c1-13(8-5-9-15-2)11(14)10-6-3-4-7-12-10/h10,12H,3-9H2,1-2H3. The predicted molar refractivity (Wildman–Crippen MR) is 59.8 cm³/mol. The number of nitrogens with zero attached hydrogens (tertiary/aromatic N) is 1. The number of nitrogens with one attached hydrogen (secondary N) is 1. The van der Waals surface area contributed by atoms with Crippen LogP contribution in [0.5, 0.6) is 0 Å². The molecule has 1 aliphatic rings. The fourth-order valence-corrected chi connectivity index (χ4v) is 1.88. The van der Waals surface area contributed by atoms with Crippen molar-refractivity contribution >= 4 is 5.91 Å². The van der Waals surface area contributed by atoms with Crippen molar-refractivity contribution in [2.75, 3.05) is 33.9 Å². The molecule has 0 saturated carbocycles. The molecule has 88 valence electrons. The molecule has 0 bridgehead atoms. The Kier molecular flexibility index (Phi) is 5.65. The van der Waals surface area contributed by atoms with E-state index in [1.807, 2.05) is 11.9 Å². The Labute approximate surface area is 92.0 Å². The van der Waals surface area contributed by atoms with Crippen LogP contribution in [0, 0.1) is 0 Å². The maximum atomic E-state index is 11.9. The van der Waals surface area contributed by atoms with Gasteiger partial charge in [-0.1, -0.05) is 6.42 Å². The molecule has 1 heterocycles. The van der Waals surface area contributed by atoms with E-state index in [1.165, 1.54) is 6.42 Å². The van der Waals surface area contributed by atoms with Crippen LogP contribution in [0.3, 0.4) is 0 Å². The molecule has 1 fully saturated rings. The first-order valence-corrected chi connectivity index (χ1v) is 5.73. The summed E-state index contributed by atoms with van der Waals surface area (Å²) in [5, 5.41) is 3.27. The van der Waals surface area contributed by atoms with E-state index in [-0.39, 0.29) is 11.9 Å². The molecule has 0 aromatic carbocycles. The van der Waals surface area contributed by atoms with Gasteiger partial charge in [0.25, 0.3) is 0 Å². The number of carbonyl (C=O) groups excluding carboxylic acids is 1. The summed E-state index contributed by atoms with van der Waals surface area (Å²) < 4.78 is 4.96. The topological polar surface area (TPSA) is 41.6 Å². The third-order valence-electron chi connectivity index (χ3n) is 2.83. The molecule has 1 rings (SSSR count). The zero-order valence-corrected chi connectivity index (χ0v) is 9.79. The second-order valence-electron chi connectivity index (χ2n) is 4.11. The minimum Gasteiger partial charge on any atom is -0.385 e. The van der Waals surface area contributed by atoms with E-state index in [0.717, 1.165) is 39.0 Å².